The van der Waals surface area contributed by atoms with Crippen molar-refractivity contribution < 1.29 is 21.9 Å². The van der Waals surface area contributed by atoms with Crippen molar-refractivity contribution in [2.45, 2.75) is 4.90 Å². The molecule has 3 aromatic heterocycles. The van der Waals surface area contributed by atoms with Crippen LogP contribution in [0.1, 0.15) is 11.3 Å². The summed E-state index contributed by atoms with van der Waals surface area (Å²) < 4.78 is 63.5. The van der Waals surface area contributed by atoms with E-state index in [1.165, 1.54) is 13.3 Å². The smallest absolute Gasteiger partial charge is 0.267 e. The number of ether oxygens (including phenoxy) is 1. The summed E-state index contributed by atoms with van der Waals surface area (Å²) in [5, 5.41) is 4.22. The number of nitrogens with one attached hydrogen (secondary N) is 1. The molecule has 168 valence electrons. The number of aromatic nitrogens is 4. The van der Waals surface area contributed by atoms with Crippen molar-refractivity contribution in [1.82, 2.24) is 19.7 Å². The van der Waals surface area contributed by atoms with Crippen LogP contribution in [0, 0.1) is 23.5 Å². The number of fused-ring (bicyclic) bond motifs is 1. The van der Waals surface area contributed by atoms with E-state index in [0.29, 0.717) is 11.0 Å². The van der Waals surface area contributed by atoms with Crippen LogP contribution in [-0.4, -0.2) is 35.3 Å². The van der Waals surface area contributed by atoms with Gasteiger partial charge in [-0.3, -0.25) is 9.40 Å². The number of sulfonamides is 1. The minimum Gasteiger partial charge on any atom is -0.480 e. The topological polar surface area (TPSA) is 99.0 Å². The molecule has 0 radical (unpaired) electrons. The number of hydrogen-bond acceptors (Lipinski definition) is 6. The number of nitrogens with zero attached hydrogens (tertiary/aromatic N) is 4. The van der Waals surface area contributed by atoms with Crippen molar-refractivity contribution in [3.8, 4) is 17.7 Å². The minimum atomic E-state index is -4.37. The number of hydrogen-bond donors (Lipinski definition) is 1. The summed E-state index contributed by atoms with van der Waals surface area (Å²) in [6.45, 7) is 0. The Hall–Kier alpha value is -3.75. The molecule has 0 atom stereocenters. The van der Waals surface area contributed by atoms with Crippen LogP contribution in [0.5, 0.6) is 5.88 Å². The molecule has 1 aromatic carbocycles. The van der Waals surface area contributed by atoms with Gasteiger partial charge in [-0.05, 0) is 36.3 Å². The number of anilines is 1. The molecule has 0 aliphatic heterocycles. The van der Waals surface area contributed by atoms with Crippen LogP contribution < -0.4 is 9.46 Å². The van der Waals surface area contributed by atoms with Gasteiger partial charge < -0.3 is 4.74 Å². The van der Waals surface area contributed by atoms with E-state index in [4.69, 9.17) is 16.3 Å². The highest BCUT2D eigenvalue weighted by molar-refractivity contribution is 7.92. The normalized spacial score (nSPS) is 11.2. The lowest BCUT2D eigenvalue weighted by Crippen LogP contribution is -2.16. The van der Waals surface area contributed by atoms with Gasteiger partial charge in [-0.25, -0.2) is 27.2 Å². The van der Waals surface area contributed by atoms with Gasteiger partial charge >= 0.3 is 0 Å². The number of aryl methyl sites for hydroxylation is 1. The Balaban J connectivity index is 1.70. The van der Waals surface area contributed by atoms with E-state index in [-0.39, 0.29) is 16.6 Å². The largest absolute Gasteiger partial charge is 0.480 e. The second-order valence-electron chi connectivity index (χ2n) is 6.70. The molecule has 33 heavy (non-hydrogen) atoms. The summed E-state index contributed by atoms with van der Waals surface area (Å²) in [6, 6.07) is 6.17. The van der Waals surface area contributed by atoms with Gasteiger partial charge in [0.2, 0.25) is 5.88 Å². The Morgan fingerprint density at radius 3 is 2.70 bits per heavy atom. The van der Waals surface area contributed by atoms with Crippen molar-refractivity contribution in [2.24, 2.45) is 7.05 Å². The molecular formula is C21H14ClF2N5O3S. The van der Waals surface area contributed by atoms with E-state index in [9.17, 15) is 12.8 Å². The quantitative estimate of drug-likeness (QED) is 0.440. The van der Waals surface area contributed by atoms with E-state index in [0.717, 1.165) is 18.2 Å². The van der Waals surface area contributed by atoms with Crippen LogP contribution in [0.25, 0.3) is 11.0 Å². The number of pyridine rings is 2. The SMILES string of the molecule is COc1ncc(Cl)cc1S(=O)(=O)Nc1ccc(F)c(C#Cc2ccc3nn(C)cc3n2)c1F. The first-order chi connectivity index (χ1) is 15.7. The predicted molar refractivity (Wildman–Crippen MR) is 117 cm³/mol. The average molecular weight is 490 g/mol. The van der Waals surface area contributed by atoms with Gasteiger partial charge in [0, 0.05) is 13.2 Å². The zero-order valence-electron chi connectivity index (χ0n) is 17.1. The van der Waals surface area contributed by atoms with E-state index >= 15 is 4.39 Å². The Morgan fingerprint density at radius 2 is 1.94 bits per heavy atom. The first-order valence-corrected chi connectivity index (χ1v) is 11.1. The van der Waals surface area contributed by atoms with Crippen molar-refractivity contribution in [2.75, 3.05) is 11.8 Å². The summed E-state index contributed by atoms with van der Waals surface area (Å²) in [6.07, 6.45) is 2.87. The van der Waals surface area contributed by atoms with Gasteiger partial charge in [0.05, 0.1) is 29.6 Å². The lowest BCUT2D eigenvalue weighted by atomic mass is 10.1. The summed E-state index contributed by atoms with van der Waals surface area (Å²) in [5.41, 5.74) is 0.325. The van der Waals surface area contributed by atoms with Crippen LogP contribution in [-0.2, 0) is 17.1 Å². The minimum absolute atomic E-state index is 0.0281. The first-order valence-electron chi connectivity index (χ1n) is 9.21. The summed E-state index contributed by atoms with van der Waals surface area (Å²) in [4.78, 5) is 7.64. The maximum atomic E-state index is 15.0. The predicted octanol–water partition coefficient (Wildman–Crippen LogP) is 3.50. The number of rotatable bonds is 4. The average Bonchev–Trinajstić information content (AvgIpc) is 3.15. The van der Waals surface area contributed by atoms with E-state index in [1.807, 2.05) is 0 Å². The van der Waals surface area contributed by atoms with Crippen molar-refractivity contribution in [3.05, 3.63) is 70.6 Å². The second-order valence-corrected chi connectivity index (χ2v) is 8.79. The molecule has 0 aliphatic carbocycles. The molecular weight excluding hydrogens is 476 g/mol. The molecule has 3 heterocycles. The molecule has 0 unspecified atom stereocenters. The molecule has 1 N–H and O–H groups in total. The van der Waals surface area contributed by atoms with Gasteiger partial charge in [0.15, 0.2) is 10.7 Å². The third-order valence-electron chi connectivity index (χ3n) is 4.40. The first kappa shape index (κ1) is 22.4. The Bertz CT molecular complexity index is 1560. The molecule has 12 heteroatoms. The molecule has 0 saturated heterocycles. The molecule has 0 saturated carbocycles. The molecule has 0 amide bonds. The summed E-state index contributed by atoms with van der Waals surface area (Å²) in [5.74, 6) is 2.57. The van der Waals surface area contributed by atoms with E-state index in [1.54, 1.807) is 30.1 Å². The van der Waals surface area contributed by atoms with Crippen LogP contribution in [0.15, 0.2) is 47.6 Å². The lowest BCUT2D eigenvalue weighted by Gasteiger charge is -2.12. The van der Waals surface area contributed by atoms with Gasteiger partial charge in [-0.2, -0.15) is 5.10 Å². The molecule has 8 nitrogen and oxygen atoms in total. The molecule has 0 fully saturated rings. The van der Waals surface area contributed by atoms with Gasteiger partial charge in [0.1, 0.15) is 22.5 Å². The fourth-order valence-electron chi connectivity index (χ4n) is 2.92. The maximum Gasteiger partial charge on any atom is 0.267 e. The molecule has 0 aliphatic rings. The fraction of sp³-hybridized carbons (Fsp3) is 0.0952. The highest BCUT2D eigenvalue weighted by Gasteiger charge is 2.24. The van der Waals surface area contributed by atoms with Gasteiger partial charge in [-0.15, -0.1) is 0 Å². The zero-order chi connectivity index (χ0) is 23.8. The third kappa shape index (κ3) is 4.57. The number of methoxy groups -OCH3 is 1. The highest BCUT2D eigenvalue weighted by Crippen LogP contribution is 2.28. The molecule has 0 bridgehead atoms. The van der Waals surface area contributed by atoms with Crippen molar-refractivity contribution >= 4 is 38.3 Å². The number of halogens is 3. The maximum absolute atomic E-state index is 15.0. The van der Waals surface area contributed by atoms with Crippen LogP contribution in [0.2, 0.25) is 5.02 Å². The van der Waals surface area contributed by atoms with Crippen LogP contribution >= 0.6 is 11.6 Å². The van der Waals surface area contributed by atoms with E-state index < -0.39 is 37.8 Å². The van der Waals surface area contributed by atoms with Crippen LogP contribution in [0.4, 0.5) is 14.5 Å². The molecule has 4 aromatic rings. The summed E-state index contributed by atoms with van der Waals surface area (Å²) >= 11 is 5.83. The van der Waals surface area contributed by atoms with E-state index in [2.05, 4.69) is 31.6 Å². The van der Waals surface area contributed by atoms with Gasteiger partial charge in [0.25, 0.3) is 10.0 Å². The van der Waals surface area contributed by atoms with Gasteiger partial charge in [-0.1, -0.05) is 17.5 Å². The number of benzene rings is 1. The molecule has 4 rings (SSSR count). The van der Waals surface area contributed by atoms with Crippen molar-refractivity contribution in [1.29, 1.82) is 0 Å². The highest BCUT2D eigenvalue weighted by atomic mass is 35.5. The zero-order valence-corrected chi connectivity index (χ0v) is 18.7. The Morgan fingerprint density at radius 1 is 1.15 bits per heavy atom. The fourth-order valence-corrected chi connectivity index (χ4v) is 4.35. The van der Waals surface area contributed by atoms with Crippen LogP contribution in [0.3, 0.4) is 0 Å². The molecule has 0 spiro atoms. The Labute approximate surface area is 192 Å². The Kier molecular flexibility index (Phi) is 5.88. The summed E-state index contributed by atoms with van der Waals surface area (Å²) in [7, 11) is -1.42. The lowest BCUT2D eigenvalue weighted by molar-refractivity contribution is 0.385. The second kappa shape index (κ2) is 8.65. The van der Waals surface area contributed by atoms with Crippen molar-refractivity contribution in [3.63, 3.8) is 0 Å². The monoisotopic (exact) mass is 489 g/mol. The third-order valence-corrected chi connectivity index (χ3v) is 5.96. The standard InChI is InChI=1S/C21H14ClF2N5O3S/c1-29-11-18-16(27-29)7-4-13(26-18)3-5-14-15(23)6-8-17(20(14)24)28-33(30,31)19-9-12(22)10-25-21(19)32-2/h4,6-11,28H,1-2H3.